The van der Waals surface area contributed by atoms with Crippen LogP contribution in [-0.2, 0) is 27.7 Å². The number of nitrogens with zero attached hydrogens (tertiary/aromatic N) is 2. The van der Waals surface area contributed by atoms with E-state index in [9.17, 15) is 4.79 Å². The highest BCUT2D eigenvalue weighted by Gasteiger charge is 2.25. The van der Waals surface area contributed by atoms with Crippen molar-refractivity contribution in [2.75, 3.05) is 20.2 Å². The van der Waals surface area contributed by atoms with E-state index in [4.69, 9.17) is 14.5 Å². The average Bonchev–Trinajstić information content (AvgIpc) is 3.20. The molecule has 4 rings (SSSR count). The number of carbonyl (C=O) groups excluding carboxylic acids is 1. The Morgan fingerprint density at radius 2 is 1.79 bits per heavy atom. The third-order valence-electron chi connectivity index (χ3n) is 5.45. The molecule has 1 fully saturated rings. The summed E-state index contributed by atoms with van der Waals surface area (Å²) in [6.07, 6.45) is 3.72. The molecule has 0 unspecified atom stereocenters. The lowest BCUT2D eigenvalue weighted by atomic mass is 10.0. The van der Waals surface area contributed by atoms with E-state index in [0.717, 1.165) is 24.0 Å². The molecule has 0 N–H and O–H groups in total. The van der Waals surface area contributed by atoms with Crippen LogP contribution in [0.5, 0.6) is 0 Å². The van der Waals surface area contributed by atoms with Gasteiger partial charge in [-0.3, -0.25) is 0 Å². The van der Waals surface area contributed by atoms with E-state index in [2.05, 4.69) is 35.0 Å². The fourth-order valence-corrected chi connectivity index (χ4v) is 3.87. The van der Waals surface area contributed by atoms with Crippen LogP contribution in [0.2, 0.25) is 0 Å². The van der Waals surface area contributed by atoms with Gasteiger partial charge < -0.3 is 14.2 Å². The van der Waals surface area contributed by atoms with Gasteiger partial charge in [-0.05, 0) is 41.5 Å². The number of ether oxygens (including phenoxy) is 1. The summed E-state index contributed by atoms with van der Waals surface area (Å²) in [6, 6.07) is 18.6. The van der Waals surface area contributed by atoms with Gasteiger partial charge in [0, 0.05) is 30.8 Å². The molecule has 1 amide bonds. The summed E-state index contributed by atoms with van der Waals surface area (Å²) in [7, 11) is 1.51. The highest BCUT2D eigenvalue weighted by atomic mass is 17.2. The maximum Gasteiger partial charge on any atom is 0.410 e. The summed E-state index contributed by atoms with van der Waals surface area (Å²) in [6.45, 7) is 2.13. The molecule has 3 aromatic rings. The lowest BCUT2D eigenvalue weighted by Crippen LogP contribution is -2.39. The monoisotopic (exact) mass is 394 g/mol. The zero-order chi connectivity index (χ0) is 20.1. The lowest BCUT2D eigenvalue weighted by molar-refractivity contribution is -0.282. The summed E-state index contributed by atoms with van der Waals surface area (Å²) in [5, 5.41) is 1.20. The number of benzene rings is 2. The van der Waals surface area contributed by atoms with Crippen LogP contribution in [0.1, 0.15) is 30.0 Å². The minimum atomic E-state index is -0.233. The molecule has 1 saturated heterocycles. The first-order valence-electron chi connectivity index (χ1n) is 9.95. The average molecular weight is 394 g/mol. The summed E-state index contributed by atoms with van der Waals surface area (Å²) < 4.78 is 7.79. The number of likely N-dealkylation sites (tertiary alicyclic amines) is 1. The number of rotatable bonds is 6. The van der Waals surface area contributed by atoms with Crippen molar-refractivity contribution in [1.82, 2.24) is 9.47 Å². The minimum absolute atomic E-state index is 0.233. The molecule has 2 aromatic carbocycles. The van der Waals surface area contributed by atoms with Crippen molar-refractivity contribution < 1.29 is 19.3 Å². The first kappa shape index (κ1) is 19.5. The Bertz CT molecular complexity index is 946. The quantitative estimate of drug-likeness (QED) is 0.449. The molecule has 0 aliphatic carbocycles. The zero-order valence-electron chi connectivity index (χ0n) is 16.6. The maximum absolute atomic E-state index is 12.4. The number of fused-ring (bicyclic) bond motifs is 1. The number of aromatic nitrogens is 1. The van der Waals surface area contributed by atoms with Crippen molar-refractivity contribution in [3.05, 3.63) is 71.9 Å². The topological polar surface area (TPSA) is 52.9 Å². The predicted molar refractivity (Wildman–Crippen MR) is 110 cm³/mol. The molecule has 0 spiro atoms. The third kappa shape index (κ3) is 4.60. The van der Waals surface area contributed by atoms with Gasteiger partial charge in [0.2, 0.25) is 0 Å². The molecule has 0 atom stereocenters. The van der Waals surface area contributed by atoms with Crippen LogP contribution in [0.4, 0.5) is 4.79 Å². The van der Waals surface area contributed by atoms with Gasteiger partial charge in [0.1, 0.15) is 13.2 Å². The first-order valence-corrected chi connectivity index (χ1v) is 9.95. The SMILES string of the molecule is COOCc1ccc2ccn(C3CCN(C(=O)OCc4ccccc4)CC3)c2c1. The van der Waals surface area contributed by atoms with Crippen LogP contribution >= 0.6 is 0 Å². The van der Waals surface area contributed by atoms with Crippen LogP contribution in [0.25, 0.3) is 10.9 Å². The van der Waals surface area contributed by atoms with E-state index in [1.54, 1.807) is 0 Å². The lowest BCUT2D eigenvalue weighted by Gasteiger charge is -2.32. The minimum Gasteiger partial charge on any atom is -0.445 e. The number of hydrogen-bond acceptors (Lipinski definition) is 4. The van der Waals surface area contributed by atoms with Crippen molar-refractivity contribution in [3.63, 3.8) is 0 Å². The largest absolute Gasteiger partial charge is 0.445 e. The Labute approximate surface area is 170 Å². The Kier molecular flexibility index (Phi) is 6.12. The smallest absolute Gasteiger partial charge is 0.410 e. The molecule has 6 heteroatoms. The van der Waals surface area contributed by atoms with Crippen molar-refractivity contribution in [1.29, 1.82) is 0 Å². The fourth-order valence-electron chi connectivity index (χ4n) is 3.87. The molecule has 0 radical (unpaired) electrons. The van der Waals surface area contributed by atoms with Crippen LogP contribution in [0.3, 0.4) is 0 Å². The second kappa shape index (κ2) is 9.11. The Morgan fingerprint density at radius 3 is 2.55 bits per heavy atom. The van der Waals surface area contributed by atoms with Gasteiger partial charge in [-0.25, -0.2) is 14.6 Å². The van der Waals surface area contributed by atoms with Gasteiger partial charge in [0.15, 0.2) is 0 Å². The number of hydrogen-bond donors (Lipinski definition) is 0. The van der Waals surface area contributed by atoms with Gasteiger partial charge in [-0.1, -0.05) is 42.5 Å². The number of amides is 1. The summed E-state index contributed by atoms with van der Waals surface area (Å²) in [5.41, 5.74) is 3.26. The Balaban J connectivity index is 1.36. The normalized spacial score (nSPS) is 15.0. The maximum atomic E-state index is 12.4. The highest BCUT2D eigenvalue weighted by Crippen LogP contribution is 2.29. The molecule has 1 aliphatic rings. The number of piperidine rings is 1. The fraction of sp³-hybridized carbons (Fsp3) is 0.348. The van der Waals surface area contributed by atoms with Crippen LogP contribution in [0.15, 0.2) is 60.8 Å². The molecule has 1 aromatic heterocycles. The van der Waals surface area contributed by atoms with E-state index in [-0.39, 0.29) is 6.09 Å². The predicted octanol–water partition coefficient (Wildman–Crippen LogP) is 4.69. The van der Waals surface area contributed by atoms with E-state index in [0.29, 0.717) is 32.3 Å². The molecule has 1 aliphatic heterocycles. The highest BCUT2D eigenvalue weighted by molar-refractivity contribution is 5.81. The molecule has 152 valence electrons. The molecular weight excluding hydrogens is 368 g/mol. The van der Waals surface area contributed by atoms with Crippen LogP contribution < -0.4 is 0 Å². The Morgan fingerprint density at radius 1 is 1.00 bits per heavy atom. The molecule has 0 bridgehead atoms. The second-order valence-corrected chi connectivity index (χ2v) is 7.30. The van der Waals surface area contributed by atoms with Crippen molar-refractivity contribution >= 4 is 17.0 Å². The van der Waals surface area contributed by atoms with Crippen LogP contribution in [-0.4, -0.2) is 35.8 Å². The van der Waals surface area contributed by atoms with Gasteiger partial charge in [-0.15, -0.1) is 0 Å². The molecule has 29 heavy (non-hydrogen) atoms. The molecule has 2 heterocycles. The summed E-state index contributed by atoms with van der Waals surface area (Å²) in [5.74, 6) is 0. The molecule has 0 saturated carbocycles. The van der Waals surface area contributed by atoms with Crippen molar-refractivity contribution in [2.45, 2.75) is 32.1 Å². The van der Waals surface area contributed by atoms with Gasteiger partial charge in [0.25, 0.3) is 0 Å². The van der Waals surface area contributed by atoms with E-state index >= 15 is 0 Å². The third-order valence-corrected chi connectivity index (χ3v) is 5.45. The zero-order valence-corrected chi connectivity index (χ0v) is 16.6. The standard InChI is InChI=1S/C23H26N2O4/c1-27-29-17-19-7-8-20-9-14-25(22(20)15-19)21-10-12-24(13-11-21)23(26)28-16-18-5-3-2-4-6-18/h2-9,14-15,21H,10-13,16-17H2,1H3. The Hall–Kier alpha value is -2.83. The van der Waals surface area contributed by atoms with E-state index in [1.165, 1.54) is 18.0 Å². The number of carbonyl (C=O) groups is 1. The second-order valence-electron chi connectivity index (χ2n) is 7.30. The van der Waals surface area contributed by atoms with Gasteiger partial charge in [-0.2, -0.15) is 0 Å². The van der Waals surface area contributed by atoms with Gasteiger partial charge in [0.05, 0.1) is 7.11 Å². The first-order chi connectivity index (χ1) is 14.2. The molecular formula is C23H26N2O4. The van der Waals surface area contributed by atoms with Crippen molar-refractivity contribution in [2.24, 2.45) is 0 Å². The molecule has 6 nitrogen and oxygen atoms in total. The summed E-state index contributed by atoms with van der Waals surface area (Å²) in [4.78, 5) is 24.0. The van der Waals surface area contributed by atoms with E-state index < -0.39 is 0 Å². The van der Waals surface area contributed by atoms with Gasteiger partial charge >= 0.3 is 6.09 Å². The summed E-state index contributed by atoms with van der Waals surface area (Å²) >= 11 is 0. The van der Waals surface area contributed by atoms with Crippen LogP contribution in [0, 0.1) is 0 Å². The van der Waals surface area contributed by atoms with Crippen molar-refractivity contribution in [3.8, 4) is 0 Å². The van der Waals surface area contributed by atoms with E-state index in [1.807, 2.05) is 35.2 Å².